The van der Waals surface area contributed by atoms with Crippen LogP contribution in [0.15, 0.2) is 18.2 Å². The summed E-state index contributed by atoms with van der Waals surface area (Å²) < 4.78 is 0. The molecule has 1 aromatic carbocycles. The molecule has 0 saturated carbocycles. The number of anilines is 1. The fourth-order valence-corrected chi connectivity index (χ4v) is 3.93. The van der Waals surface area contributed by atoms with Crippen molar-refractivity contribution in [1.29, 1.82) is 0 Å². The molecule has 1 amide bonds. The summed E-state index contributed by atoms with van der Waals surface area (Å²) in [4.78, 5) is 12.1. The van der Waals surface area contributed by atoms with Crippen molar-refractivity contribution in [3.63, 3.8) is 0 Å². The van der Waals surface area contributed by atoms with Gasteiger partial charge < -0.3 is 10.6 Å². The third-order valence-electron chi connectivity index (χ3n) is 3.97. The fourth-order valence-electron chi connectivity index (χ4n) is 2.72. The van der Waals surface area contributed by atoms with Gasteiger partial charge in [0, 0.05) is 24.3 Å². The van der Waals surface area contributed by atoms with Gasteiger partial charge in [0.1, 0.15) is 0 Å². The lowest BCUT2D eigenvalue weighted by Gasteiger charge is -2.21. The van der Waals surface area contributed by atoms with Crippen molar-refractivity contribution in [2.75, 3.05) is 29.9 Å². The summed E-state index contributed by atoms with van der Waals surface area (Å²) in [7, 11) is 0. The number of benzene rings is 1. The van der Waals surface area contributed by atoms with E-state index in [1.165, 1.54) is 29.9 Å². The van der Waals surface area contributed by atoms with Crippen LogP contribution in [0.2, 0.25) is 0 Å². The number of amides is 1. The highest BCUT2D eigenvalue weighted by Gasteiger charge is 2.16. The Morgan fingerprint density at radius 1 is 1.37 bits per heavy atom. The highest BCUT2D eigenvalue weighted by molar-refractivity contribution is 7.99. The van der Waals surface area contributed by atoms with E-state index in [0.29, 0.717) is 5.92 Å². The minimum atomic E-state index is 0.0646. The van der Waals surface area contributed by atoms with Crippen molar-refractivity contribution < 1.29 is 4.79 Å². The van der Waals surface area contributed by atoms with Crippen molar-refractivity contribution in [3.05, 3.63) is 29.3 Å². The van der Waals surface area contributed by atoms with E-state index in [4.69, 9.17) is 0 Å². The Kier molecular flexibility index (Phi) is 3.97. The monoisotopic (exact) mass is 276 g/mol. The number of carbonyl (C=O) groups is 1. The van der Waals surface area contributed by atoms with Crippen molar-refractivity contribution in [3.8, 4) is 0 Å². The summed E-state index contributed by atoms with van der Waals surface area (Å²) in [5, 5.41) is 6.40. The van der Waals surface area contributed by atoms with Crippen LogP contribution in [0.25, 0.3) is 0 Å². The molecule has 4 heteroatoms. The van der Waals surface area contributed by atoms with Crippen LogP contribution < -0.4 is 10.6 Å². The summed E-state index contributed by atoms with van der Waals surface area (Å²) in [6.45, 7) is 1.81. The molecule has 2 N–H and O–H groups in total. The van der Waals surface area contributed by atoms with E-state index in [0.717, 1.165) is 30.8 Å². The summed E-state index contributed by atoms with van der Waals surface area (Å²) in [5.74, 6) is 3.21. The van der Waals surface area contributed by atoms with Crippen LogP contribution in [-0.4, -0.2) is 30.5 Å². The highest BCUT2D eigenvalue weighted by Crippen LogP contribution is 2.24. The number of hydrogen-bond acceptors (Lipinski definition) is 3. The summed E-state index contributed by atoms with van der Waals surface area (Å²) >= 11 is 2.02. The first-order valence-electron chi connectivity index (χ1n) is 7.05. The van der Waals surface area contributed by atoms with Gasteiger partial charge in [-0.3, -0.25) is 4.79 Å². The number of rotatable bonds is 3. The van der Waals surface area contributed by atoms with Gasteiger partial charge in [-0.2, -0.15) is 11.8 Å². The topological polar surface area (TPSA) is 41.1 Å². The van der Waals surface area contributed by atoms with Crippen LogP contribution in [0.1, 0.15) is 28.8 Å². The second-order valence-electron chi connectivity index (χ2n) is 5.31. The molecule has 1 fully saturated rings. The Labute approximate surface area is 118 Å². The number of hydrogen-bond donors (Lipinski definition) is 2. The number of nitrogens with one attached hydrogen (secondary N) is 2. The maximum absolute atomic E-state index is 12.1. The molecule has 2 aliphatic heterocycles. The smallest absolute Gasteiger partial charge is 0.251 e. The molecule has 3 rings (SSSR count). The van der Waals surface area contributed by atoms with Crippen LogP contribution >= 0.6 is 11.8 Å². The molecule has 1 saturated heterocycles. The van der Waals surface area contributed by atoms with Crippen LogP contribution in [0.3, 0.4) is 0 Å². The van der Waals surface area contributed by atoms with E-state index in [1.807, 2.05) is 23.9 Å². The average Bonchev–Trinajstić information content (AvgIpc) is 2.93. The molecule has 102 valence electrons. The van der Waals surface area contributed by atoms with Gasteiger partial charge in [0.2, 0.25) is 0 Å². The van der Waals surface area contributed by atoms with Gasteiger partial charge in [-0.1, -0.05) is 6.07 Å². The first-order valence-corrected chi connectivity index (χ1v) is 8.21. The van der Waals surface area contributed by atoms with E-state index in [2.05, 4.69) is 16.7 Å². The molecular weight excluding hydrogens is 256 g/mol. The molecule has 0 unspecified atom stereocenters. The first kappa shape index (κ1) is 12.9. The Morgan fingerprint density at radius 3 is 3.05 bits per heavy atom. The Morgan fingerprint density at radius 2 is 2.21 bits per heavy atom. The van der Waals surface area contributed by atoms with Gasteiger partial charge in [0.05, 0.1) is 0 Å². The van der Waals surface area contributed by atoms with Gasteiger partial charge in [-0.05, 0) is 54.4 Å². The zero-order valence-corrected chi connectivity index (χ0v) is 11.9. The molecule has 0 radical (unpaired) electrons. The number of carbonyl (C=O) groups excluding carboxylic acids is 1. The first-order chi connectivity index (χ1) is 9.33. The third-order valence-corrected chi connectivity index (χ3v) is 5.02. The minimum absolute atomic E-state index is 0.0646. The lowest BCUT2D eigenvalue weighted by molar-refractivity contribution is 0.0946. The van der Waals surface area contributed by atoms with Crippen LogP contribution in [0.4, 0.5) is 5.69 Å². The molecule has 19 heavy (non-hydrogen) atoms. The number of thioether (sulfide) groups is 1. The average molecular weight is 276 g/mol. The molecule has 0 aromatic heterocycles. The lowest BCUT2D eigenvalue weighted by atomic mass is 10.0. The highest BCUT2D eigenvalue weighted by atomic mass is 32.2. The maximum atomic E-state index is 12.1. The fraction of sp³-hybridized carbons (Fsp3) is 0.533. The molecule has 2 heterocycles. The van der Waals surface area contributed by atoms with Crippen molar-refractivity contribution >= 4 is 23.4 Å². The summed E-state index contributed by atoms with van der Waals surface area (Å²) in [6, 6.07) is 5.99. The van der Waals surface area contributed by atoms with Crippen LogP contribution in [-0.2, 0) is 6.42 Å². The number of fused-ring (bicyclic) bond motifs is 1. The molecule has 0 bridgehead atoms. The SMILES string of the molecule is O=C(NCC1CCSCC1)c1ccc2c(c1)NCC2. The molecule has 1 aromatic rings. The molecular formula is C15H20N2OS. The Balaban J connectivity index is 1.57. The Bertz CT molecular complexity index is 469. The Hall–Kier alpha value is -1.16. The van der Waals surface area contributed by atoms with E-state index < -0.39 is 0 Å². The second kappa shape index (κ2) is 5.87. The molecule has 0 aliphatic carbocycles. The van der Waals surface area contributed by atoms with Gasteiger partial charge in [0.15, 0.2) is 0 Å². The second-order valence-corrected chi connectivity index (χ2v) is 6.54. The van der Waals surface area contributed by atoms with Gasteiger partial charge in [0.25, 0.3) is 5.91 Å². The van der Waals surface area contributed by atoms with E-state index in [9.17, 15) is 4.79 Å². The van der Waals surface area contributed by atoms with Gasteiger partial charge in [-0.15, -0.1) is 0 Å². The summed E-state index contributed by atoms with van der Waals surface area (Å²) in [6.07, 6.45) is 3.53. The van der Waals surface area contributed by atoms with Crippen molar-refractivity contribution in [2.45, 2.75) is 19.3 Å². The maximum Gasteiger partial charge on any atom is 0.251 e. The predicted molar refractivity (Wildman–Crippen MR) is 81.0 cm³/mol. The van der Waals surface area contributed by atoms with Gasteiger partial charge >= 0.3 is 0 Å². The summed E-state index contributed by atoms with van der Waals surface area (Å²) in [5.41, 5.74) is 3.22. The molecule has 0 atom stereocenters. The lowest BCUT2D eigenvalue weighted by Crippen LogP contribution is -2.30. The van der Waals surface area contributed by atoms with Crippen LogP contribution in [0.5, 0.6) is 0 Å². The molecule has 3 nitrogen and oxygen atoms in total. The van der Waals surface area contributed by atoms with Crippen molar-refractivity contribution in [2.24, 2.45) is 5.92 Å². The van der Waals surface area contributed by atoms with E-state index in [1.54, 1.807) is 0 Å². The molecule has 2 aliphatic rings. The standard InChI is InChI=1S/C15H20N2OS/c18-15(17-10-11-4-7-19-8-5-11)13-2-1-12-3-6-16-14(12)9-13/h1-2,9,11,16H,3-8,10H2,(H,17,18). The third kappa shape index (κ3) is 3.06. The normalized spacial score (nSPS) is 18.7. The van der Waals surface area contributed by atoms with Crippen molar-refractivity contribution in [1.82, 2.24) is 5.32 Å². The van der Waals surface area contributed by atoms with Gasteiger partial charge in [-0.25, -0.2) is 0 Å². The zero-order valence-electron chi connectivity index (χ0n) is 11.1. The van der Waals surface area contributed by atoms with Crippen LogP contribution in [0, 0.1) is 5.92 Å². The predicted octanol–water partition coefficient (Wildman–Crippen LogP) is 2.53. The van der Waals surface area contributed by atoms with E-state index in [-0.39, 0.29) is 5.91 Å². The largest absolute Gasteiger partial charge is 0.384 e. The minimum Gasteiger partial charge on any atom is -0.384 e. The zero-order chi connectivity index (χ0) is 13.1. The molecule has 0 spiro atoms. The van der Waals surface area contributed by atoms with E-state index >= 15 is 0 Å². The quantitative estimate of drug-likeness (QED) is 0.891.